The van der Waals surface area contributed by atoms with Crippen molar-refractivity contribution in [1.29, 1.82) is 0 Å². The number of rotatable bonds is 2. The highest BCUT2D eigenvalue weighted by Crippen LogP contribution is 2.43. The molecule has 0 saturated carbocycles. The second-order valence-electron chi connectivity index (χ2n) is 6.81. The zero-order valence-corrected chi connectivity index (χ0v) is 12.9. The zero-order chi connectivity index (χ0) is 16.0. The normalized spacial score (nSPS) is 29.9. The van der Waals surface area contributed by atoms with Gasteiger partial charge in [-0.2, -0.15) is 0 Å². The van der Waals surface area contributed by atoms with E-state index >= 15 is 0 Å². The summed E-state index contributed by atoms with van der Waals surface area (Å²) in [6, 6.07) is 0. The van der Waals surface area contributed by atoms with Crippen LogP contribution < -0.4 is 0 Å². The lowest BCUT2D eigenvalue weighted by molar-refractivity contribution is -0.157. The molecule has 1 aromatic rings. The molecule has 0 bridgehead atoms. The summed E-state index contributed by atoms with van der Waals surface area (Å²) in [5.41, 5.74) is 0.411. The average Bonchev–Trinajstić information content (AvgIpc) is 3.16. The summed E-state index contributed by atoms with van der Waals surface area (Å²) in [5.74, 6) is -0.372. The van der Waals surface area contributed by atoms with Gasteiger partial charge in [-0.25, -0.2) is 0 Å². The van der Waals surface area contributed by atoms with Crippen LogP contribution >= 0.6 is 0 Å². The molecule has 2 saturated heterocycles. The number of amides is 1. The molecule has 3 aliphatic rings. The standard InChI is InChI=1S/C16H20N2O5/c19-14(13-11-3-1-2-4-12(11)23-17-13)18-7-10-8-22-6-5-16(10,9-18)15(20)21/h10H,1-9H2,(H,20,21)/t10-,16+/m0/s1. The van der Waals surface area contributed by atoms with Gasteiger partial charge in [-0.15, -0.1) is 0 Å². The largest absolute Gasteiger partial charge is 0.481 e. The summed E-state index contributed by atoms with van der Waals surface area (Å²) in [5, 5.41) is 13.7. The highest BCUT2D eigenvalue weighted by Gasteiger charge is 2.55. The molecule has 2 atom stereocenters. The van der Waals surface area contributed by atoms with E-state index in [1.165, 1.54) is 0 Å². The zero-order valence-electron chi connectivity index (χ0n) is 12.9. The Morgan fingerprint density at radius 1 is 1.30 bits per heavy atom. The molecular formula is C16H20N2O5. The number of carbonyl (C=O) groups excluding carboxylic acids is 1. The maximum absolute atomic E-state index is 12.9. The summed E-state index contributed by atoms with van der Waals surface area (Å²) in [4.78, 5) is 26.3. The molecule has 0 radical (unpaired) electrons. The molecule has 1 amide bonds. The molecule has 23 heavy (non-hydrogen) atoms. The number of nitrogens with zero attached hydrogens (tertiary/aromatic N) is 2. The third-order valence-corrected chi connectivity index (χ3v) is 5.57. The van der Waals surface area contributed by atoms with Crippen LogP contribution in [0.3, 0.4) is 0 Å². The Morgan fingerprint density at radius 3 is 2.91 bits per heavy atom. The molecule has 7 nitrogen and oxygen atoms in total. The number of carboxylic acid groups (broad SMARTS) is 1. The van der Waals surface area contributed by atoms with Gasteiger partial charge < -0.3 is 19.3 Å². The molecular weight excluding hydrogens is 300 g/mol. The first-order valence-corrected chi connectivity index (χ1v) is 8.19. The van der Waals surface area contributed by atoms with Crippen molar-refractivity contribution in [3.05, 3.63) is 17.0 Å². The van der Waals surface area contributed by atoms with Gasteiger partial charge in [-0.3, -0.25) is 9.59 Å². The SMILES string of the molecule is O=C(c1noc2c1CCCC2)N1C[C@H]2COCC[C@@]2(C(=O)O)C1. The summed E-state index contributed by atoms with van der Waals surface area (Å²) >= 11 is 0. The van der Waals surface area contributed by atoms with Gasteiger partial charge >= 0.3 is 5.97 Å². The topological polar surface area (TPSA) is 92.9 Å². The van der Waals surface area contributed by atoms with Gasteiger partial charge in [0.2, 0.25) is 0 Å². The predicted octanol–water partition coefficient (Wildman–Crippen LogP) is 1.12. The smallest absolute Gasteiger partial charge is 0.311 e. The van der Waals surface area contributed by atoms with Gasteiger partial charge in [0, 0.05) is 37.6 Å². The molecule has 4 rings (SSSR count). The van der Waals surface area contributed by atoms with E-state index in [0.29, 0.717) is 31.9 Å². The van der Waals surface area contributed by atoms with Crippen molar-refractivity contribution in [2.75, 3.05) is 26.3 Å². The van der Waals surface area contributed by atoms with Gasteiger partial charge in [-0.05, 0) is 25.7 Å². The number of hydrogen-bond donors (Lipinski definition) is 1. The van der Waals surface area contributed by atoms with Crippen molar-refractivity contribution in [3.8, 4) is 0 Å². The molecule has 1 aliphatic carbocycles. The number of fused-ring (bicyclic) bond motifs is 2. The van der Waals surface area contributed by atoms with Crippen molar-refractivity contribution in [1.82, 2.24) is 10.1 Å². The molecule has 0 unspecified atom stereocenters. The lowest BCUT2D eigenvalue weighted by atomic mass is 9.74. The van der Waals surface area contributed by atoms with Crippen LogP contribution in [0, 0.1) is 11.3 Å². The first-order valence-electron chi connectivity index (χ1n) is 8.19. The number of likely N-dealkylation sites (tertiary alicyclic amines) is 1. The van der Waals surface area contributed by atoms with E-state index in [9.17, 15) is 14.7 Å². The molecule has 2 aliphatic heterocycles. The third kappa shape index (κ3) is 2.17. The van der Waals surface area contributed by atoms with Gasteiger partial charge in [-0.1, -0.05) is 5.16 Å². The van der Waals surface area contributed by atoms with Crippen LogP contribution in [0.15, 0.2) is 4.52 Å². The minimum Gasteiger partial charge on any atom is -0.481 e. The van der Waals surface area contributed by atoms with Crippen molar-refractivity contribution < 1.29 is 24.0 Å². The Labute approximate surface area is 133 Å². The summed E-state index contributed by atoms with van der Waals surface area (Å²) in [6.45, 7) is 1.47. The lowest BCUT2D eigenvalue weighted by Gasteiger charge is -2.33. The monoisotopic (exact) mass is 320 g/mol. The van der Waals surface area contributed by atoms with Gasteiger partial charge in [0.25, 0.3) is 5.91 Å². The number of aromatic nitrogens is 1. The average molecular weight is 320 g/mol. The molecule has 1 aromatic heterocycles. The number of hydrogen-bond acceptors (Lipinski definition) is 5. The molecule has 7 heteroatoms. The van der Waals surface area contributed by atoms with Crippen molar-refractivity contribution in [2.24, 2.45) is 11.3 Å². The van der Waals surface area contributed by atoms with E-state index in [4.69, 9.17) is 9.26 Å². The van der Waals surface area contributed by atoms with Crippen molar-refractivity contribution in [2.45, 2.75) is 32.1 Å². The van der Waals surface area contributed by atoms with Crippen LogP contribution in [0.4, 0.5) is 0 Å². The first-order chi connectivity index (χ1) is 11.1. The molecule has 0 aromatic carbocycles. The maximum Gasteiger partial charge on any atom is 0.311 e. The lowest BCUT2D eigenvalue weighted by Crippen LogP contribution is -2.45. The number of carboxylic acids is 1. The Balaban J connectivity index is 1.60. The van der Waals surface area contributed by atoms with Crippen LogP contribution in [-0.2, 0) is 22.4 Å². The van der Waals surface area contributed by atoms with E-state index in [2.05, 4.69) is 5.16 Å². The van der Waals surface area contributed by atoms with Crippen LogP contribution in [0.2, 0.25) is 0 Å². The fraction of sp³-hybridized carbons (Fsp3) is 0.688. The number of aliphatic carboxylic acids is 1. The summed E-state index contributed by atoms with van der Waals surface area (Å²) in [6.07, 6.45) is 4.17. The highest BCUT2D eigenvalue weighted by atomic mass is 16.5. The number of carbonyl (C=O) groups is 2. The van der Waals surface area contributed by atoms with Gasteiger partial charge in [0.05, 0.1) is 12.0 Å². The summed E-state index contributed by atoms with van der Waals surface area (Å²) < 4.78 is 10.8. The Bertz CT molecular complexity index is 655. The first kappa shape index (κ1) is 14.7. The number of aryl methyl sites for hydroxylation is 1. The van der Waals surface area contributed by atoms with E-state index in [-0.39, 0.29) is 18.4 Å². The quantitative estimate of drug-likeness (QED) is 0.877. The second kappa shape index (κ2) is 5.33. The third-order valence-electron chi connectivity index (χ3n) is 5.57. The van der Waals surface area contributed by atoms with Gasteiger partial charge in [0.1, 0.15) is 5.76 Å². The Morgan fingerprint density at radius 2 is 2.13 bits per heavy atom. The van der Waals surface area contributed by atoms with E-state index in [0.717, 1.165) is 37.0 Å². The van der Waals surface area contributed by atoms with Gasteiger partial charge in [0.15, 0.2) is 5.69 Å². The van der Waals surface area contributed by atoms with E-state index in [1.54, 1.807) is 4.90 Å². The molecule has 3 heterocycles. The predicted molar refractivity (Wildman–Crippen MR) is 78.0 cm³/mol. The fourth-order valence-corrected chi connectivity index (χ4v) is 4.16. The molecule has 1 N–H and O–H groups in total. The van der Waals surface area contributed by atoms with E-state index in [1.807, 2.05) is 0 Å². The molecule has 0 spiro atoms. The van der Waals surface area contributed by atoms with E-state index < -0.39 is 11.4 Å². The molecule has 124 valence electrons. The van der Waals surface area contributed by atoms with Crippen LogP contribution in [0.1, 0.15) is 41.1 Å². The van der Waals surface area contributed by atoms with Crippen LogP contribution in [0.25, 0.3) is 0 Å². The molecule has 2 fully saturated rings. The van der Waals surface area contributed by atoms with Crippen LogP contribution in [-0.4, -0.2) is 53.3 Å². The summed E-state index contributed by atoms with van der Waals surface area (Å²) in [7, 11) is 0. The van der Waals surface area contributed by atoms with Crippen molar-refractivity contribution in [3.63, 3.8) is 0 Å². The highest BCUT2D eigenvalue weighted by molar-refractivity contribution is 5.95. The fourth-order valence-electron chi connectivity index (χ4n) is 4.16. The maximum atomic E-state index is 12.9. The Kier molecular flexibility index (Phi) is 3.41. The minimum atomic E-state index is -0.877. The second-order valence-corrected chi connectivity index (χ2v) is 6.81. The minimum absolute atomic E-state index is 0.152. The number of ether oxygens (including phenoxy) is 1. The Hall–Kier alpha value is -1.89. The van der Waals surface area contributed by atoms with Crippen LogP contribution in [0.5, 0.6) is 0 Å². The van der Waals surface area contributed by atoms with Crippen molar-refractivity contribution >= 4 is 11.9 Å².